The van der Waals surface area contributed by atoms with Crippen molar-refractivity contribution in [2.45, 2.75) is 39.2 Å². The van der Waals surface area contributed by atoms with Crippen molar-refractivity contribution < 1.29 is 14.3 Å². The molecular formula is C28H35N9O3. The molecule has 0 saturated carbocycles. The molecule has 6 heterocycles. The van der Waals surface area contributed by atoms with Gasteiger partial charge in [-0.15, -0.1) is 5.10 Å². The molecule has 40 heavy (non-hydrogen) atoms. The van der Waals surface area contributed by atoms with Gasteiger partial charge in [0.2, 0.25) is 11.9 Å². The van der Waals surface area contributed by atoms with Crippen LogP contribution in [0.2, 0.25) is 0 Å². The van der Waals surface area contributed by atoms with E-state index in [9.17, 15) is 4.79 Å². The molecule has 2 aliphatic rings. The maximum atomic E-state index is 13.5. The van der Waals surface area contributed by atoms with Crippen LogP contribution in [0.3, 0.4) is 0 Å². The number of hydrogen-bond acceptors (Lipinski definition) is 9. The lowest BCUT2D eigenvalue weighted by atomic mass is 9.76. The quantitative estimate of drug-likeness (QED) is 0.303. The largest absolute Gasteiger partial charge is 0.478 e. The number of ether oxygens (including phenoxy) is 2. The first-order valence-corrected chi connectivity index (χ1v) is 13.7. The van der Waals surface area contributed by atoms with Crippen LogP contribution in [0.5, 0.6) is 5.88 Å². The van der Waals surface area contributed by atoms with Gasteiger partial charge in [-0.2, -0.15) is 0 Å². The number of nitrogens with zero attached hydrogens (tertiary/aromatic N) is 6. The van der Waals surface area contributed by atoms with Crippen LogP contribution in [0, 0.1) is 12.3 Å². The Morgan fingerprint density at radius 2 is 2.08 bits per heavy atom. The highest BCUT2D eigenvalue weighted by Gasteiger charge is 2.42. The fraction of sp³-hybridized carbons (Fsp3) is 0.464. The van der Waals surface area contributed by atoms with Crippen molar-refractivity contribution in [1.29, 1.82) is 0 Å². The van der Waals surface area contributed by atoms with E-state index in [2.05, 4.69) is 42.5 Å². The molecule has 2 saturated heterocycles. The molecule has 4 aromatic heterocycles. The van der Waals surface area contributed by atoms with Gasteiger partial charge in [-0.1, -0.05) is 6.92 Å². The lowest BCUT2D eigenvalue weighted by molar-refractivity contribution is -0.146. The van der Waals surface area contributed by atoms with Crippen molar-refractivity contribution in [2.75, 3.05) is 44.0 Å². The second kappa shape index (κ2) is 10.5. The minimum atomic E-state index is -0.202. The summed E-state index contributed by atoms with van der Waals surface area (Å²) < 4.78 is 12.5. The second-order valence-corrected chi connectivity index (χ2v) is 10.8. The van der Waals surface area contributed by atoms with Crippen LogP contribution < -0.4 is 15.4 Å². The molecule has 12 nitrogen and oxygen atoms in total. The van der Waals surface area contributed by atoms with E-state index in [4.69, 9.17) is 14.5 Å². The minimum absolute atomic E-state index is 0.0328. The molecule has 0 aliphatic carbocycles. The number of aryl methyl sites for hydroxylation is 2. The third kappa shape index (κ3) is 4.77. The number of amides is 1. The van der Waals surface area contributed by atoms with Gasteiger partial charge in [-0.3, -0.25) is 14.4 Å². The monoisotopic (exact) mass is 545 g/mol. The first-order valence-electron chi connectivity index (χ1n) is 13.7. The van der Waals surface area contributed by atoms with Gasteiger partial charge in [0.15, 0.2) is 5.82 Å². The van der Waals surface area contributed by atoms with Crippen molar-refractivity contribution in [3.05, 3.63) is 36.4 Å². The molecular weight excluding hydrogens is 510 g/mol. The maximum absolute atomic E-state index is 13.5. The number of aromatic amines is 1. The fourth-order valence-electron chi connectivity index (χ4n) is 5.74. The fourth-order valence-corrected chi connectivity index (χ4v) is 5.74. The number of H-pyrrole nitrogens is 1. The molecule has 0 radical (unpaired) electrons. The number of anilines is 3. The highest BCUT2D eigenvalue weighted by Crippen LogP contribution is 2.39. The van der Waals surface area contributed by atoms with Crippen LogP contribution in [-0.2, 0) is 16.6 Å². The van der Waals surface area contributed by atoms with E-state index in [1.54, 1.807) is 30.4 Å². The molecule has 1 unspecified atom stereocenters. The molecule has 0 aromatic carbocycles. The lowest BCUT2D eigenvalue weighted by Gasteiger charge is -2.48. The van der Waals surface area contributed by atoms with E-state index in [0.717, 1.165) is 73.3 Å². The summed E-state index contributed by atoms with van der Waals surface area (Å²) in [5.41, 5.74) is 4.33. The molecule has 4 aromatic rings. The van der Waals surface area contributed by atoms with Crippen LogP contribution in [0.15, 0.2) is 30.9 Å². The molecule has 0 bridgehead atoms. The first kappa shape index (κ1) is 26.2. The number of piperidine rings is 1. The molecule has 1 amide bonds. The summed E-state index contributed by atoms with van der Waals surface area (Å²) in [5, 5.41) is 11.5. The lowest BCUT2D eigenvalue weighted by Crippen LogP contribution is -2.55. The zero-order chi connectivity index (χ0) is 27.9. The van der Waals surface area contributed by atoms with E-state index in [1.807, 2.05) is 26.2 Å². The van der Waals surface area contributed by atoms with E-state index in [1.165, 1.54) is 0 Å². The van der Waals surface area contributed by atoms with E-state index >= 15 is 0 Å². The maximum Gasteiger partial charge on any atom is 0.256 e. The van der Waals surface area contributed by atoms with Gasteiger partial charge >= 0.3 is 0 Å². The SMILES string of the molecule is CCC(C(=O)Nc1nccc2c(-c3nc(Nc4cn(C)nc4OC)ncc3C)c[nH]c12)N1CCC2(CC1)COC2. The Kier molecular flexibility index (Phi) is 6.88. The van der Waals surface area contributed by atoms with Crippen molar-refractivity contribution >= 4 is 34.3 Å². The second-order valence-electron chi connectivity index (χ2n) is 10.8. The van der Waals surface area contributed by atoms with Gasteiger partial charge in [0.05, 0.1) is 43.8 Å². The molecule has 1 atom stereocenters. The van der Waals surface area contributed by atoms with Crippen molar-refractivity contribution in [1.82, 2.24) is 34.6 Å². The number of likely N-dealkylation sites (tertiary alicyclic amines) is 1. The highest BCUT2D eigenvalue weighted by molar-refractivity contribution is 6.05. The number of methoxy groups -OCH3 is 1. The van der Waals surface area contributed by atoms with Crippen LogP contribution in [-0.4, -0.2) is 80.0 Å². The van der Waals surface area contributed by atoms with Crippen LogP contribution in [0.1, 0.15) is 31.7 Å². The number of fused-ring (bicyclic) bond motifs is 1. The predicted octanol–water partition coefficient (Wildman–Crippen LogP) is 3.64. The van der Waals surface area contributed by atoms with Crippen LogP contribution in [0.4, 0.5) is 17.5 Å². The summed E-state index contributed by atoms with van der Waals surface area (Å²) in [5.74, 6) is 1.36. The Morgan fingerprint density at radius 3 is 2.77 bits per heavy atom. The van der Waals surface area contributed by atoms with Gasteiger partial charge in [-0.05, 0) is 50.9 Å². The van der Waals surface area contributed by atoms with Crippen molar-refractivity contribution in [3.63, 3.8) is 0 Å². The number of carbonyl (C=O) groups is 1. The summed E-state index contributed by atoms with van der Waals surface area (Å²) in [6, 6.07) is 1.73. The summed E-state index contributed by atoms with van der Waals surface area (Å²) in [7, 11) is 3.39. The summed E-state index contributed by atoms with van der Waals surface area (Å²) in [6.45, 7) is 7.56. The normalized spacial score (nSPS) is 17.5. The Hall–Kier alpha value is -4.03. The molecule has 3 N–H and O–H groups in total. The standard InChI is InChI=1S/C28H35N9O3/c1-5-21(37-10-7-28(8-11-37)15-40-16-28)25(38)34-24-23-18(6-9-29-24)19(13-30-23)22-17(2)12-31-27(33-22)32-20-14-36(3)35-26(20)39-4/h6,9,12-14,21,30H,5,7-8,10-11,15-16H2,1-4H3,(H,29,34,38)(H,31,32,33). The van der Waals surface area contributed by atoms with Gasteiger partial charge in [0.25, 0.3) is 5.88 Å². The Labute approximate surface area is 232 Å². The zero-order valence-corrected chi connectivity index (χ0v) is 23.3. The number of carbonyl (C=O) groups excluding carboxylic acids is 1. The van der Waals surface area contributed by atoms with Gasteiger partial charge in [-0.25, -0.2) is 15.0 Å². The minimum Gasteiger partial charge on any atom is -0.478 e. The molecule has 2 aliphatic heterocycles. The van der Waals surface area contributed by atoms with Crippen LogP contribution in [0.25, 0.3) is 22.2 Å². The van der Waals surface area contributed by atoms with E-state index in [0.29, 0.717) is 28.7 Å². The van der Waals surface area contributed by atoms with E-state index < -0.39 is 0 Å². The van der Waals surface area contributed by atoms with Crippen LogP contribution >= 0.6 is 0 Å². The smallest absolute Gasteiger partial charge is 0.256 e. The van der Waals surface area contributed by atoms with E-state index in [-0.39, 0.29) is 11.9 Å². The predicted molar refractivity (Wildman–Crippen MR) is 152 cm³/mol. The van der Waals surface area contributed by atoms with Gasteiger partial charge < -0.3 is 25.1 Å². The number of nitrogens with one attached hydrogen (secondary N) is 3. The average molecular weight is 546 g/mol. The molecule has 1 spiro atoms. The average Bonchev–Trinajstić information content (AvgIpc) is 3.53. The van der Waals surface area contributed by atoms with Crippen molar-refractivity contribution in [2.24, 2.45) is 12.5 Å². The summed E-state index contributed by atoms with van der Waals surface area (Å²) in [4.78, 5) is 32.8. The third-order valence-electron chi connectivity index (χ3n) is 8.11. The Balaban J connectivity index is 1.23. The number of rotatable bonds is 8. The number of pyridine rings is 1. The number of aromatic nitrogens is 6. The summed E-state index contributed by atoms with van der Waals surface area (Å²) in [6.07, 6.45) is 10.1. The first-order chi connectivity index (χ1) is 19.4. The molecule has 12 heteroatoms. The molecule has 2 fully saturated rings. The van der Waals surface area contributed by atoms with Gasteiger partial charge in [0.1, 0.15) is 5.69 Å². The van der Waals surface area contributed by atoms with Crippen molar-refractivity contribution in [3.8, 4) is 17.1 Å². The third-order valence-corrected chi connectivity index (χ3v) is 8.11. The molecule has 6 rings (SSSR count). The molecule has 210 valence electrons. The Bertz CT molecular complexity index is 1530. The summed E-state index contributed by atoms with van der Waals surface area (Å²) >= 11 is 0. The van der Waals surface area contributed by atoms with Gasteiger partial charge in [0, 0.05) is 42.0 Å². The number of hydrogen-bond donors (Lipinski definition) is 3. The zero-order valence-electron chi connectivity index (χ0n) is 23.3. The highest BCUT2D eigenvalue weighted by atomic mass is 16.5. The Morgan fingerprint density at radius 1 is 1.27 bits per heavy atom. The topological polar surface area (TPSA) is 135 Å².